The topological polar surface area (TPSA) is 44.4 Å². The van der Waals surface area contributed by atoms with E-state index in [2.05, 4.69) is 29.4 Å². The summed E-state index contributed by atoms with van der Waals surface area (Å²) in [7, 11) is 0. The second-order valence-corrected chi connectivity index (χ2v) is 7.64. The molecule has 24 heavy (non-hydrogen) atoms. The first-order chi connectivity index (χ1) is 10.6. The third-order valence-electron chi connectivity index (χ3n) is 5.16. The van der Waals surface area contributed by atoms with Crippen LogP contribution in [0.4, 0.5) is 0 Å². The fraction of sp³-hybridized carbons (Fsp3) is 0.944. The third-order valence-corrected chi connectivity index (χ3v) is 5.16. The maximum Gasteiger partial charge on any atom is 0.220 e. The first kappa shape index (κ1) is 24.0. The van der Waals surface area contributed by atoms with Gasteiger partial charge in [0.15, 0.2) is 0 Å². The van der Waals surface area contributed by atoms with Gasteiger partial charge in [-0.1, -0.05) is 13.8 Å². The van der Waals surface area contributed by atoms with Crippen LogP contribution in [0.5, 0.6) is 0 Å². The lowest BCUT2D eigenvalue weighted by molar-refractivity contribution is -0.121. The highest BCUT2D eigenvalue weighted by Gasteiger charge is 2.21. The molecule has 2 aliphatic heterocycles. The quantitative estimate of drug-likeness (QED) is 0.665. The Morgan fingerprint density at radius 1 is 1.12 bits per heavy atom. The van der Waals surface area contributed by atoms with Crippen molar-refractivity contribution in [3.8, 4) is 0 Å². The predicted molar refractivity (Wildman–Crippen MR) is 106 cm³/mol. The molecule has 0 radical (unpaired) electrons. The van der Waals surface area contributed by atoms with Crippen molar-refractivity contribution in [1.29, 1.82) is 0 Å². The third kappa shape index (κ3) is 9.45. The highest BCUT2D eigenvalue weighted by atomic mass is 35.5. The molecule has 2 aliphatic rings. The second-order valence-electron chi connectivity index (χ2n) is 7.64. The smallest absolute Gasteiger partial charge is 0.220 e. The largest absolute Gasteiger partial charge is 0.356 e. The number of piperidine rings is 2. The van der Waals surface area contributed by atoms with E-state index in [1.165, 1.54) is 32.4 Å². The molecule has 2 unspecified atom stereocenters. The lowest BCUT2D eigenvalue weighted by atomic mass is 9.92. The molecule has 2 atom stereocenters. The van der Waals surface area contributed by atoms with Gasteiger partial charge in [-0.15, -0.1) is 24.8 Å². The van der Waals surface area contributed by atoms with Crippen molar-refractivity contribution in [3.05, 3.63) is 0 Å². The Bertz CT molecular complexity index is 328. The van der Waals surface area contributed by atoms with E-state index in [-0.39, 0.29) is 30.7 Å². The summed E-state index contributed by atoms with van der Waals surface area (Å²) in [5, 5.41) is 6.48. The van der Waals surface area contributed by atoms with Gasteiger partial charge in [-0.3, -0.25) is 4.79 Å². The van der Waals surface area contributed by atoms with E-state index in [1.807, 2.05) is 0 Å². The summed E-state index contributed by atoms with van der Waals surface area (Å²) in [6.07, 6.45) is 6.69. The molecule has 2 N–H and O–H groups in total. The normalized spacial score (nSPS) is 25.4. The van der Waals surface area contributed by atoms with Gasteiger partial charge in [-0.05, 0) is 69.5 Å². The zero-order valence-electron chi connectivity index (χ0n) is 15.4. The maximum atomic E-state index is 11.9. The highest BCUT2D eigenvalue weighted by molar-refractivity contribution is 5.85. The molecule has 144 valence electrons. The van der Waals surface area contributed by atoms with Crippen LogP contribution in [0.25, 0.3) is 0 Å². The summed E-state index contributed by atoms with van der Waals surface area (Å²) in [5.74, 6) is 2.65. The molecule has 4 nitrogen and oxygen atoms in total. The molecule has 0 aliphatic carbocycles. The second kappa shape index (κ2) is 13.2. The van der Waals surface area contributed by atoms with Crippen molar-refractivity contribution in [2.24, 2.45) is 17.8 Å². The first-order valence-electron chi connectivity index (χ1n) is 9.33. The van der Waals surface area contributed by atoms with Gasteiger partial charge in [0.1, 0.15) is 0 Å². The van der Waals surface area contributed by atoms with Gasteiger partial charge in [-0.2, -0.15) is 0 Å². The van der Waals surface area contributed by atoms with Crippen LogP contribution in [0, 0.1) is 17.8 Å². The summed E-state index contributed by atoms with van der Waals surface area (Å²) in [5.41, 5.74) is 0. The molecular formula is C18H37Cl2N3O. The summed E-state index contributed by atoms with van der Waals surface area (Å²) in [4.78, 5) is 14.5. The molecule has 0 aromatic heterocycles. The number of amides is 1. The standard InChI is InChI=1S/C18H35N3O.2ClH/c1-15-12-16(2)14-21(13-15)11-3-8-20-18(22)5-4-17-6-9-19-10-7-17;;/h15-17,19H,3-14H2,1-2H3,(H,20,22);2*1H. The van der Waals surface area contributed by atoms with Crippen molar-refractivity contribution in [2.75, 3.05) is 39.3 Å². The predicted octanol–water partition coefficient (Wildman–Crippen LogP) is 3.09. The molecule has 0 saturated carbocycles. The molecule has 2 rings (SSSR count). The van der Waals surface area contributed by atoms with E-state index < -0.39 is 0 Å². The fourth-order valence-electron chi connectivity index (χ4n) is 4.10. The van der Waals surface area contributed by atoms with Crippen molar-refractivity contribution in [1.82, 2.24) is 15.5 Å². The molecule has 1 amide bonds. The summed E-state index contributed by atoms with van der Waals surface area (Å²) in [6, 6.07) is 0. The lowest BCUT2D eigenvalue weighted by Gasteiger charge is -2.34. The number of hydrogen-bond acceptors (Lipinski definition) is 3. The number of nitrogens with one attached hydrogen (secondary N) is 2. The first-order valence-corrected chi connectivity index (χ1v) is 9.33. The van der Waals surface area contributed by atoms with Crippen molar-refractivity contribution < 1.29 is 4.79 Å². The van der Waals surface area contributed by atoms with Crippen LogP contribution in [0.2, 0.25) is 0 Å². The highest BCUT2D eigenvalue weighted by Crippen LogP contribution is 2.20. The Labute approximate surface area is 160 Å². The van der Waals surface area contributed by atoms with E-state index in [4.69, 9.17) is 0 Å². The number of halogens is 2. The van der Waals surface area contributed by atoms with E-state index in [0.717, 1.165) is 56.8 Å². The van der Waals surface area contributed by atoms with Gasteiger partial charge in [0.05, 0.1) is 0 Å². The molecule has 0 aromatic rings. The molecule has 0 bridgehead atoms. The summed E-state index contributed by atoms with van der Waals surface area (Å²) in [6.45, 7) is 11.4. The van der Waals surface area contributed by atoms with E-state index in [0.29, 0.717) is 6.42 Å². The van der Waals surface area contributed by atoms with Gasteiger partial charge >= 0.3 is 0 Å². The number of nitrogens with zero attached hydrogens (tertiary/aromatic N) is 1. The molecule has 6 heteroatoms. The zero-order chi connectivity index (χ0) is 15.8. The number of hydrogen-bond donors (Lipinski definition) is 2. The van der Waals surface area contributed by atoms with Gasteiger partial charge in [0, 0.05) is 26.1 Å². The minimum Gasteiger partial charge on any atom is -0.356 e. The van der Waals surface area contributed by atoms with Crippen LogP contribution < -0.4 is 10.6 Å². The summed E-state index contributed by atoms with van der Waals surface area (Å²) >= 11 is 0. The maximum absolute atomic E-state index is 11.9. The average molecular weight is 382 g/mol. The summed E-state index contributed by atoms with van der Waals surface area (Å²) < 4.78 is 0. The lowest BCUT2D eigenvalue weighted by Crippen LogP contribution is -2.40. The minimum atomic E-state index is 0. The van der Waals surface area contributed by atoms with Crippen molar-refractivity contribution in [3.63, 3.8) is 0 Å². The Morgan fingerprint density at radius 3 is 2.38 bits per heavy atom. The van der Waals surface area contributed by atoms with Gasteiger partial charge < -0.3 is 15.5 Å². The minimum absolute atomic E-state index is 0. The van der Waals surface area contributed by atoms with E-state index >= 15 is 0 Å². The molecule has 2 saturated heterocycles. The van der Waals surface area contributed by atoms with Crippen LogP contribution >= 0.6 is 24.8 Å². The molecule has 2 heterocycles. The molecular weight excluding hydrogens is 345 g/mol. The SMILES string of the molecule is CC1CC(C)CN(CCCNC(=O)CCC2CCNCC2)C1.Cl.Cl. The number of carbonyl (C=O) groups excluding carboxylic acids is 1. The Balaban J connectivity index is 0.00000264. The van der Waals surface area contributed by atoms with Crippen molar-refractivity contribution in [2.45, 2.75) is 52.4 Å². The van der Waals surface area contributed by atoms with Crippen LogP contribution in [-0.2, 0) is 4.79 Å². The van der Waals surface area contributed by atoms with Crippen LogP contribution in [-0.4, -0.2) is 50.1 Å². The number of carbonyl (C=O) groups is 1. The number of rotatable bonds is 7. The Kier molecular flexibility index (Phi) is 13.2. The van der Waals surface area contributed by atoms with E-state index in [1.54, 1.807) is 0 Å². The monoisotopic (exact) mass is 381 g/mol. The Morgan fingerprint density at radius 2 is 1.75 bits per heavy atom. The number of likely N-dealkylation sites (tertiary alicyclic amines) is 1. The van der Waals surface area contributed by atoms with Gasteiger partial charge in [-0.25, -0.2) is 0 Å². The van der Waals surface area contributed by atoms with Crippen LogP contribution in [0.3, 0.4) is 0 Å². The van der Waals surface area contributed by atoms with Crippen LogP contribution in [0.1, 0.15) is 52.4 Å². The zero-order valence-corrected chi connectivity index (χ0v) is 17.0. The van der Waals surface area contributed by atoms with Crippen LogP contribution in [0.15, 0.2) is 0 Å². The van der Waals surface area contributed by atoms with Gasteiger partial charge in [0.2, 0.25) is 5.91 Å². The molecule has 2 fully saturated rings. The van der Waals surface area contributed by atoms with Crippen molar-refractivity contribution >= 4 is 30.7 Å². The molecule has 0 spiro atoms. The molecule has 0 aromatic carbocycles. The fourth-order valence-corrected chi connectivity index (χ4v) is 4.10. The van der Waals surface area contributed by atoms with E-state index in [9.17, 15) is 4.79 Å². The average Bonchev–Trinajstić information content (AvgIpc) is 2.50. The van der Waals surface area contributed by atoms with Gasteiger partial charge in [0.25, 0.3) is 0 Å². The Hall–Kier alpha value is -0.0300.